The molecule has 0 atom stereocenters. The van der Waals surface area contributed by atoms with Crippen LogP contribution in [0.4, 0.5) is 0 Å². The minimum absolute atomic E-state index is 0.116. The smallest absolute Gasteiger partial charge is 0.336 e. The molecule has 4 heteroatoms. The Morgan fingerprint density at radius 2 is 2.11 bits per heavy atom. The van der Waals surface area contributed by atoms with Crippen molar-refractivity contribution in [2.75, 3.05) is 6.61 Å². The molecule has 0 aliphatic heterocycles. The van der Waals surface area contributed by atoms with Crippen molar-refractivity contribution in [2.45, 2.75) is 19.8 Å². The molecule has 0 bridgehead atoms. The number of aliphatic hydroxyl groups is 1. The molecular formula is C14H17NO3. The van der Waals surface area contributed by atoms with Crippen molar-refractivity contribution in [3.05, 3.63) is 35.0 Å². The summed E-state index contributed by atoms with van der Waals surface area (Å²) in [5, 5.41) is 19.0. The van der Waals surface area contributed by atoms with E-state index >= 15 is 0 Å². The molecule has 0 amide bonds. The average Bonchev–Trinajstić information content (AvgIpc) is 2.60. The van der Waals surface area contributed by atoms with Gasteiger partial charge in [0.05, 0.1) is 5.56 Å². The quantitative estimate of drug-likeness (QED) is 0.869. The fraction of sp³-hybridized carbons (Fsp3) is 0.357. The normalized spacial score (nSPS) is 11.1. The largest absolute Gasteiger partial charge is 0.478 e. The average molecular weight is 247 g/mol. The van der Waals surface area contributed by atoms with Crippen LogP contribution in [0.25, 0.3) is 10.9 Å². The molecule has 0 radical (unpaired) electrons. The van der Waals surface area contributed by atoms with Crippen LogP contribution in [0.15, 0.2) is 18.2 Å². The maximum absolute atomic E-state index is 11.3. The summed E-state index contributed by atoms with van der Waals surface area (Å²) in [5.74, 6) is -0.906. The highest BCUT2D eigenvalue weighted by Crippen LogP contribution is 2.29. The number of hydrogen-bond acceptors (Lipinski definition) is 2. The first-order valence-corrected chi connectivity index (χ1v) is 5.99. The van der Waals surface area contributed by atoms with E-state index in [0.29, 0.717) is 18.4 Å². The van der Waals surface area contributed by atoms with Crippen molar-refractivity contribution in [1.29, 1.82) is 0 Å². The highest BCUT2D eigenvalue weighted by atomic mass is 16.4. The Labute approximate surface area is 105 Å². The van der Waals surface area contributed by atoms with Gasteiger partial charge < -0.3 is 14.8 Å². The fourth-order valence-electron chi connectivity index (χ4n) is 2.44. The molecule has 1 heterocycles. The van der Waals surface area contributed by atoms with Crippen molar-refractivity contribution < 1.29 is 15.0 Å². The van der Waals surface area contributed by atoms with Gasteiger partial charge in [-0.05, 0) is 37.5 Å². The summed E-state index contributed by atoms with van der Waals surface area (Å²) in [6.45, 7) is 2.10. The van der Waals surface area contributed by atoms with Crippen molar-refractivity contribution in [3.63, 3.8) is 0 Å². The first-order chi connectivity index (χ1) is 8.57. The lowest BCUT2D eigenvalue weighted by Gasteiger charge is -2.02. The third-order valence-corrected chi connectivity index (χ3v) is 3.46. The molecule has 18 heavy (non-hydrogen) atoms. The van der Waals surface area contributed by atoms with Crippen LogP contribution in [0.3, 0.4) is 0 Å². The molecule has 2 rings (SSSR count). The van der Waals surface area contributed by atoms with E-state index < -0.39 is 5.97 Å². The topological polar surface area (TPSA) is 62.5 Å². The zero-order chi connectivity index (χ0) is 13.3. The molecule has 0 saturated carbocycles. The number of carboxylic acid groups (broad SMARTS) is 1. The Hall–Kier alpha value is -1.81. The fourth-order valence-corrected chi connectivity index (χ4v) is 2.44. The molecule has 0 aliphatic carbocycles. The number of hydrogen-bond donors (Lipinski definition) is 2. The second kappa shape index (κ2) is 4.82. The number of aliphatic hydroxyl groups excluding tert-OH is 1. The van der Waals surface area contributed by atoms with Crippen LogP contribution in [0.1, 0.15) is 28.0 Å². The summed E-state index contributed by atoms with van der Waals surface area (Å²) in [7, 11) is 1.94. The van der Waals surface area contributed by atoms with E-state index in [2.05, 4.69) is 0 Å². The zero-order valence-electron chi connectivity index (χ0n) is 10.6. The number of benzene rings is 1. The van der Waals surface area contributed by atoms with Gasteiger partial charge in [0.25, 0.3) is 0 Å². The van der Waals surface area contributed by atoms with Gasteiger partial charge in [-0.15, -0.1) is 0 Å². The zero-order valence-corrected chi connectivity index (χ0v) is 10.6. The summed E-state index contributed by atoms with van der Waals surface area (Å²) in [5.41, 5.74) is 3.36. The van der Waals surface area contributed by atoms with Gasteiger partial charge in [-0.1, -0.05) is 6.07 Å². The Balaban J connectivity index is 2.74. The molecule has 4 nitrogen and oxygen atoms in total. The van der Waals surface area contributed by atoms with E-state index in [4.69, 9.17) is 5.11 Å². The first-order valence-electron chi connectivity index (χ1n) is 5.99. The summed E-state index contributed by atoms with van der Waals surface area (Å²) < 4.78 is 2.01. The lowest BCUT2D eigenvalue weighted by atomic mass is 10.0. The predicted molar refractivity (Wildman–Crippen MR) is 70.0 cm³/mol. The van der Waals surface area contributed by atoms with E-state index in [1.807, 2.05) is 24.6 Å². The van der Waals surface area contributed by atoms with E-state index in [-0.39, 0.29) is 6.61 Å². The Kier molecular flexibility index (Phi) is 3.39. The molecule has 2 N–H and O–H groups in total. The second-order valence-corrected chi connectivity index (χ2v) is 4.45. The Morgan fingerprint density at radius 3 is 2.72 bits per heavy atom. The lowest BCUT2D eigenvalue weighted by molar-refractivity contribution is 0.0699. The number of carboxylic acids is 1. The second-order valence-electron chi connectivity index (χ2n) is 4.45. The SMILES string of the molecule is Cc1c(CCCO)c2c(C(=O)O)cccc2n1C. The summed E-state index contributed by atoms with van der Waals surface area (Å²) in [6, 6.07) is 5.32. The molecule has 1 aromatic heterocycles. The number of rotatable bonds is 4. The van der Waals surface area contributed by atoms with Crippen LogP contribution in [-0.2, 0) is 13.5 Å². The highest BCUT2D eigenvalue weighted by molar-refractivity contribution is 6.05. The van der Waals surface area contributed by atoms with Gasteiger partial charge in [-0.2, -0.15) is 0 Å². The monoisotopic (exact) mass is 247 g/mol. The van der Waals surface area contributed by atoms with Gasteiger partial charge >= 0.3 is 5.97 Å². The molecule has 0 aliphatic rings. The number of aromatic nitrogens is 1. The van der Waals surface area contributed by atoms with Gasteiger partial charge in [-0.3, -0.25) is 0 Å². The summed E-state index contributed by atoms with van der Waals surface area (Å²) in [6.07, 6.45) is 1.35. The molecule has 0 unspecified atom stereocenters. The van der Waals surface area contributed by atoms with Crippen LogP contribution >= 0.6 is 0 Å². The summed E-state index contributed by atoms with van der Waals surface area (Å²) in [4.78, 5) is 11.3. The lowest BCUT2D eigenvalue weighted by Crippen LogP contribution is -1.99. The number of aromatic carboxylic acids is 1. The van der Waals surface area contributed by atoms with Gasteiger partial charge in [0.15, 0.2) is 0 Å². The number of nitrogens with zero attached hydrogens (tertiary/aromatic N) is 1. The molecule has 1 aromatic carbocycles. The van der Waals surface area contributed by atoms with Crippen molar-refractivity contribution >= 4 is 16.9 Å². The van der Waals surface area contributed by atoms with Crippen LogP contribution in [-0.4, -0.2) is 27.4 Å². The van der Waals surface area contributed by atoms with E-state index in [1.54, 1.807) is 12.1 Å². The minimum atomic E-state index is -0.906. The van der Waals surface area contributed by atoms with Crippen LogP contribution in [0.2, 0.25) is 0 Å². The maximum Gasteiger partial charge on any atom is 0.336 e. The van der Waals surface area contributed by atoms with E-state index in [9.17, 15) is 9.90 Å². The molecule has 2 aromatic rings. The van der Waals surface area contributed by atoms with Gasteiger partial charge in [0.2, 0.25) is 0 Å². The third-order valence-electron chi connectivity index (χ3n) is 3.46. The molecule has 0 spiro atoms. The van der Waals surface area contributed by atoms with Crippen LogP contribution in [0, 0.1) is 6.92 Å². The van der Waals surface area contributed by atoms with E-state index in [1.165, 1.54) is 0 Å². The molecular weight excluding hydrogens is 230 g/mol. The number of aryl methyl sites for hydroxylation is 2. The Bertz CT molecular complexity index is 599. The minimum Gasteiger partial charge on any atom is -0.478 e. The number of fused-ring (bicyclic) bond motifs is 1. The highest BCUT2D eigenvalue weighted by Gasteiger charge is 2.17. The van der Waals surface area contributed by atoms with Crippen molar-refractivity contribution in [2.24, 2.45) is 7.05 Å². The molecule has 0 saturated heterocycles. The summed E-state index contributed by atoms with van der Waals surface area (Å²) >= 11 is 0. The molecule has 0 fully saturated rings. The first kappa shape index (κ1) is 12.6. The predicted octanol–water partition coefficient (Wildman–Crippen LogP) is 2.11. The van der Waals surface area contributed by atoms with Gasteiger partial charge in [-0.25, -0.2) is 4.79 Å². The molecule has 96 valence electrons. The maximum atomic E-state index is 11.3. The van der Waals surface area contributed by atoms with Gasteiger partial charge in [0.1, 0.15) is 0 Å². The number of carbonyl (C=O) groups is 1. The van der Waals surface area contributed by atoms with Crippen LogP contribution < -0.4 is 0 Å². The third kappa shape index (κ3) is 1.88. The Morgan fingerprint density at radius 1 is 1.39 bits per heavy atom. The van der Waals surface area contributed by atoms with Crippen molar-refractivity contribution in [3.8, 4) is 0 Å². The van der Waals surface area contributed by atoms with E-state index in [0.717, 1.165) is 22.2 Å². The van der Waals surface area contributed by atoms with Crippen molar-refractivity contribution in [1.82, 2.24) is 4.57 Å². The standard InChI is InChI=1S/C14H17NO3/c1-9-10(6-4-8-16)13-11(14(17)18)5-3-7-12(13)15(9)2/h3,5,7,16H,4,6,8H2,1-2H3,(H,17,18). The van der Waals surface area contributed by atoms with Crippen LogP contribution in [0.5, 0.6) is 0 Å². The van der Waals surface area contributed by atoms with Gasteiger partial charge in [0, 0.05) is 30.3 Å².